The van der Waals surface area contributed by atoms with Crippen molar-refractivity contribution in [3.63, 3.8) is 0 Å². The van der Waals surface area contributed by atoms with Crippen LogP contribution in [-0.4, -0.2) is 44.3 Å². The molecule has 7 nitrogen and oxygen atoms in total. The summed E-state index contributed by atoms with van der Waals surface area (Å²) in [7, 11) is -3.64. The Morgan fingerprint density at radius 3 is 2.21 bits per heavy atom. The van der Waals surface area contributed by atoms with Gasteiger partial charge in [-0.05, 0) is 75.8 Å². The van der Waals surface area contributed by atoms with Gasteiger partial charge in [-0.1, -0.05) is 29.8 Å². The number of benzene rings is 2. The number of anilines is 1. The number of hydrogen-bond acceptors (Lipinski definition) is 5. The highest BCUT2D eigenvalue weighted by Crippen LogP contribution is 2.29. The smallest absolute Gasteiger partial charge is 0.309 e. The monoisotopic (exact) mass is 472 g/mol. The van der Waals surface area contributed by atoms with E-state index in [0.717, 1.165) is 27.8 Å². The molecule has 0 bridgehead atoms. The largest absolute Gasteiger partial charge is 0.455 e. The van der Waals surface area contributed by atoms with E-state index in [-0.39, 0.29) is 19.7 Å². The summed E-state index contributed by atoms with van der Waals surface area (Å²) >= 11 is 0. The molecule has 33 heavy (non-hydrogen) atoms. The lowest BCUT2D eigenvalue weighted by Crippen LogP contribution is -2.41. The predicted octanol–water partition coefficient (Wildman–Crippen LogP) is 3.81. The van der Waals surface area contributed by atoms with Crippen LogP contribution in [0.5, 0.6) is 0 Å². The predicted molar refractivity (Wildman–Crippen MR) is 128 cm³/mol. The summed E-state index contributed by atoms with van der Waals surface area (Å²) in [4.78, 5) is 25.0. The van der Waals surface area contributed by atoms with Crippen molar-refractivity contribution in [2.24, 2.45) is 5.92 Å². The molecule has 1 N–H and O–H groups in total. The lowest BCUT2D eigenvalue weighted by Gasteiger charge is -2.31. The molecule has 0 radical (unpaired) electrons. The zero-order chi connectivity index (χ0) is 24.3. The Balaban J connectivity index is 1.55. The first-order chi connectivity index (χ1) is 15.5. The number of esters is 1. The fourth-order valence-corrected chi connectivity index (χ4v) is 6.24. The van der Waals surface area contributed by atoms with Crippen LogP contribution < -0.4 is 5.32 Å². The summed E-state index contributed by atoms with van der Waals surface area (Å²) in [6.45, 7) is 9.54. The normalized spacial score (nSPS) is 15.3. The number of piperidine rings is 1. The minimum atomic E-state index is -3.64. The van der Waals surface area contributed by atoms with Crippen LogP contribution in [0.3, 0.4) is 0 Å². The molecule has 0 spiro atoms. The van der Waals surface area contributed by atoms with E-state index < -0.39 is 27.8 Å². The van der Waals surface area contributed by atoms with E-state index in [1.807, 2.05) is 45.0 Å². The number of nitrogens with one attached hydrogen (secondary N) is 1. The number of sulfonamides is 1. The maximum atomic E-state index is 13.2. The number of carbonyl (C=O) groups excluding carboxylic acids is 2. The quantitative estimate of drug-likeness (QED) is 0.646. The molecule has 0 aromatic heterocycles. The molecule has 0 aliphatic carbocycles. The fourth-order valence-electron chi connectivity index (χ4n) is 4.36. The molecule has 0 unspecified atom stereocenters. The van der Waals surface area contributed by atoms with Gasteiger partial charge in [-0.25, -0.2) is 8.42 Å². The summed E-state index contributed by atoms with van der Waals surface area (Å²) in [5.41, 5.74) is 5.18. The van der Waals surface area contributed by atoms with Crippen molar-refractivity contribution in [3.8, 4) is 0 Å². The second kappa shape index (κ2) is 10.1. The molecule has 1 amide bonds. The number of ether oxygens (including phenoxy) is 1. The van der Waals surface area contributed by atoms with Crippen LogP contribution in [-0.2, 0) is 24.3 Å². The Kier molecular flexibility index (Phi) is 7.59. The van der Waals surface area contributed by atoms with Crippen LogP contribution in [0.1, 0.15) is 40.7 Å². The molecule has 1 fully saturated rings. The molecule has 0 atom stereocenters. The highest BCUT2D eigenvalue weighted by atomic mass is 32.2. The molecule has 2 aromatic carbocycles. The highest BCUT2D eigenvalue weighted by Gasteiger charge is 2.34. The lowest BCUT2D eigenvalue weighted by molar-refractivity contribution is -0.152. The van der Waals surface area contributed by atoms with Gasteiger partial charge in [0.25, 0.3) is 5.91 Å². The van der Waals surface area contributed by atoms with E-state index in [0.29, 0.717) is 23.4 Å². The van der Waals surface area contributed by atoms with Gasteiger partial charge < -0.3 is 10.1 Å². The Hall–Kier alpha value is -2.71. The van der Waals surface area contributed by atoms with E-state index in [1.54, 1.807) is 19.9 Å². The number of aryl methyl sites for hydroxylation is 4. The molecule has 2 aromatic rings. The van der Waals surface area contributed by atoms with Crippen molar-refractivity contribution < 1.29 is 22.7 Å². The Morgan fingerprint density at radius 2 is 1.61 bits per heavy atom. The van der Waals surface area contributed by atoms with Crippen molar-refractivity contribution in [2.45, 2.75) is 52.4 Å². The van der Waals surface area contributed by atoms with Crippen LogP contribution in [0, 0.1) is 40.5 Å². The molecular weight excluding hydrogens is 440 g/mol. The van der Waals surface area contributed by atoms with Crippen molar-refractivity contribution in [1.29, 1.82) is 0 Å². The van der Waals surface area contributed by atoms with Crippen molar-refractivity contribution in [2.75, 3.05) is 25.0 Å². The zero-order valence-electron chi connectivity index (χ0n) is 19.9. The molecule has 1 saturated heterocycles. The van der Waals surface area contributed by atoms with Gasteiger partial charge in [-0.15, -0.1) is 0 Å². The van der Waals surface area contributed by atoms with Crippen LogP contribution in [0.2, 0.25) is 0 Å². The maximum absolute atomic E-state index is 13.2. The Bertz CT molecular complexity index is 1140. The second-order valence-electron chi connectivity index (χ2n) is 8.81. The molecule has 3 rings (SSSR count). The number of amides is 1. The maximum Gasteiger partial charge on any atom is 0.309 e. The average molecular weight is 473 g/mol. The summed E-state index contributed by atoms with van der Waals surface area (Å²) < 4.78 is 33.1. The van der Waals surface area contributed by atoms with Gasteiger partial charge in [0.1, 0.15) is 0 Å². The first-order valence-electron chi connectivity index (χ1n) is 11.1. The third-order valence-electron chi connectivity index (χ3n) is 6.21. The van der Waals surface area contributed by atoms with E-state index in [4.69, 9.17) is 4.74 Å². The highest BCUT2D eigenvalue weighted by molar-refractivity contribution is 7.89. The van der Waals surface area contributed by atoms with Crippen molar-refractivity contribution in [3.05, 3.63) is 58.1 Å². The second-order valence-corrected chi connectivity index (χ2v) is 10.7. The van der Waals surface area contributed by atoms with Gasteiger partial charge in [0.05, 0.1) is 10.8 Å². The number of hydrogen-bond donors (Lipinski definition) is 1. The molecule has 1 heterocycles. The third kappa shape index (κ3) is 5.62. The number of carbonyl (C=O) groups is 2. The van der Waals surface area contributed by atoms with Gasteiger partial charge in [0, 0.05) is 18.8 Å². The SMILES string of the molecule is Cc1cc(C)c(S(=O)(=O)N2CCC(C(=O)OCC(=O)Nc3cccc(C)c3C)CC2)c(C)c1. The van der Waals surface area contributed by atoms with Gasteiger partial charge in [-0.2, -0.15) is 4.31 Å². The van der Waals surface area contributed by atoms with E-state index in [9.17, 15) is 18.0 Å². The lowest BCUT2D eigenvalue weighted by atomic mass is 9.98. The molecule has 8 heteroatoms. The van der Waals surface area contributed by atoms with Crippen molar-refractivity contribution >= 4 is 27.6 Å². The van der Waals surface area contributed by atoms with E-state index in [2.05, 4.69) is 5.32 Å². The summed E-state index contributed by atoms with van der Waals surface area (Å²) in [6, 6.07) is 9.35. The van der Waals surface area contributed by atoms with Gasteiger partial charge in [0.2, 0.25) is 10.0 Å². The molecule has 1 aliphatic heterocycles. The summed E-state index contributed by atoms with van der Waals surface area (Å²) in [5, 5.41) is 2.77. The minimum Gasteiger partial charge on any atom is -0.455 e. The van der Waals surface area contributed by atoms with Crippen LogP contribution in [0.4, 0.5) is 5.69 Å². The number of nitrogens with zero attached hydrogens (tertiary/aromatic N) is 1. The minimum absolute atomic E-state index is 0.240. The van der Waals surface area contributed by atoms with E-state index in [1.165, 1.54) is 4.31 Å². The van der Waals surface area contributed by atoms with Crippen LogP contribution in [0.15, 0.2) is 35.2 Å². The van der Waals surface area contributed by atoms with E-state index >= 15 is 0 Å². The van der Waals surface area contributed by atoms with Crippen molar-refractivity contribution in [1.82, 2.24) is 4.31 Å². The Labute approximate surface area is 196 Å². The molecular formula is C25H32N2O5S. The van der Waals surface area contributed by atoms with Gasteiger partial charge in [-0.3, -0.25) is 9.59 Å². The molecule has 178 valence electrons. The molecule has 0 saturated carbocycles. The zero-order valence-corrected chi connectivity index (χ0v) is 20.7. The Morgan fingerprint density at radius 1 is 1.00 bits per heavy atom. The fraction of sp³-hybridized carbons (Fsp3) is 0.440. The topological polar surface area (TPSA) is 92.8 Å². The van der Waals surface area contributed by atoms with Crippen LogP contribution >= 0.6 is 0 Å². The summed E-state index contributed by atoms with van der Waals surface area (Å²) in [6.07, 6.45) is 0.723. The molecule has 1 aliphatic rings. The van der Waals surface area contributed by atoms with Gasteiger partial charge >= 0.3 is 5.97 Å². The first-order valence-corrected chi connectivity index (χ1v) is 12.6. The third-order valence-corrected chi connectivity index (χ3v) is 8.42. The van der Waals surface area contributed by atoms with Crippen LogP contribution in [0.25, 0.3) is 0 Å². The standard InChI is InChI=1S/C25H32N2O5S/c1-16-13-18(3)24(19(4)14-16)33(30,31)27-11-9-21(10-12-27)25(29)32-15-23(28)26-22-8-6-7-17(2)20(22)5/h6-8,13-14,21H,9-12,15H2,1-5H3,(H,26,28). The van der Waals surface area contributed by atoms with Gasteiger partial charge in [0.15, 0.2) is 6.61 Å². The summed E-state index contributed by atoms with van der Waals surface area (Å²) in [5.74, 6) is -1.29. The first kappa shape index (κ1) is 24.9. The average Bonchev–Trinajstić information content (AvgIpc) is 2.74. The number of rotatable bonds is 6.